The van der Waals surface area contributed by atoms with Gasteiger partial charge in [0.2, 0.25) is 5.91 Å². The predicted molar refractivity (Wildman–Crippen MR) is 72.4 cm³/mol. The van der Waals surface area contributed by atoms with Crippen LogP contribution < -0.4 is 0 Å². The zero-order valence-corrected chi connectivity index (χ0v) is 11.7. The molecule has 1 fully saturated rings. The van der Waals surface area contributed by atoms with Gasteiger partial charge in [-0.1, -0.05) is 0 Å². The molecule has 1 heterocycles. The van der Waals surface area contributed by atoms with E-state index in [9.17, 15) is 9.59 Å². The van der Waals surface area contributed by atoms with Gasteiger partial charge in [-0.05, 0) is 46.2 Å². The second kappa shape index (κ2) is 8.25. The minimum Gasteiger partial charge on any atom is -0.343 e. The Labute approximate surface area is 110 Å². The fourth-order valence-corrected chi connectivity index (χ4v) is 2.59. The van der Waals surface area contributed by atoms with E-state index in [2.05, 4.69) is 4.90 Å². The number of hydrogen-bond donors (Lipinski definition) is 0. The SMILES string of the molecule is CCN(CC)C(=O)CCCN1CCCC(C=O)C1. The third-order valence-corrected chi connectivity index (χ3v) is 3.72. The molecule has 104 valence electrons. The van der Waals surface area contributed by atoms with Crippen molar-refractivity contribution in [3.05, 3.63) is 0 Å². The highest BCUT2D eigenvalue weighted by atomic mass is 16.2. The summed E-state index contributed by atoms with van der Waals surface area (Å²) in [5.74, 6) is 0.459. The molecule has 4 heteroatoms. The molecule has 1 unspecified atom stereocenters. The van der Waals surface area contributed by atoms with E-state index in [1.54, 1.807) is 0 Å². The molecular formula is C14H26N2O2. The molecule has 0 N–H and O–H groups in total. The van der Waals surface area contributed by atoms with Gasteiger partial charge in [-0.2, -0.15) is 0 Å². The topological polar surface area (TPSA) is 40.6 Å². The highest BCUT2D eigenvalue weighted by Gasteiger charge is 2.19. The second-order valence-electron chi connectivity index (χ2n) is 5.01. The van der Waals surface area contributed by atoms with E-state index >= 15 is 0 Å². The van der Waals surface area contributed by atoms with Crippen molar-refractivity contribution < 1.29 is 9.59 Å². The minimum atomic E-state index is 0.206. The standard InChI is InChI=1S/C14H26N2O2/c1-3-16(4-2)14(18)8-6-10-15-9-5-7-13(11-15)12-17/h12-13H,3-11H2,1-2H3. The van der Waals surface area contributed by atoms with Crippen molar-refractivity contribution in [2.45, 2.75) is 39.5 Å². The van der Waals surface area contributed by atoms with Crippen LogP contribution in [-0.4, -0.2) is 54.7 Å². The smallest absolute Gasteiger partial charge is 0.222 e. The Kier molecular flexibility index (Phi) is 6.94. The largest absolute Gasteiger partial charge is 0.343 e. The number of aldehydes is 1. The lowest BCUT2D eigenvalue weighted by molar-refractivity contribution is -0.131. The molecule has 1 rings (SSSR count). The zero-order valence-electron chi connectivity index (χ0n) is 11.7. The quantitative estimate of drug-likeness (QED) is 0.647. The number of rotatable bonds is 7. The summed E-state index contributed by atoms with van der Waals surface area (Å²) in [5, 5.41) is 0. The summed E-state index contributed by atoms with van der Waals surface area (Å²) in [6.45, 7) is 8.52. The number of carbonyl (C=O) groups is 2. The van der Waals surface area contributed by atoms with Crippen molar-refractivity contribution in [1.29, 1.82) is 0 Å². The summed E-state index contributed by atoms with van der Waals surface area (Å²) < 4.78 is 0. The number of amides is 1. The zero-order chi connectivity index (χ0) is 13.4. The Morgan fingerprint density at radius 3 is 2.72 bits per heavy atom. The summed E-state index contributed by atoms with van der Waals surface area (Å²) >= 11 is 0. The van der Waals surface area contributed by atoms with Gasteiger partial charge in [0, 0.05) is 32.0 Å². The van der Waals surface area contributed by atoms with Crippen LogP contribution >= 0.6 is 0 Å². The van der Waals surface area contributed by atoms with Crippen molar-refractivity contribution in [2.24, 2.45) is 5.92 Å². The Bertz CT molecular complexity index is 265. The van der Waals surface area contributed by atoms with E-state index in [-0.39, 0.29) is 11.8 Å². The predicted octanol–water partition coefficient (Wildman–Crippen LogP) is 1.55. The molecule has 18 heavy (non-hydrogen) atoms. The molecule has 1 saturated heterocycles. The Hall–Kier alpha value is -0.900. The maximum atomic E-state index is 11.8. The lowest BCUT2D eigenvalue weighted by Crippen LogP contribution is -2.37. The first-order valence-electron chi connectivity index (χ1n) is 7.16. The first-order valence-corrected chi connectivity index (χ1v) is 7.16. The number of likely N-dealkylation sites (tertiary alicyclic amines) is 1. The number of hydrogen-bond acceptors (Lipinski definition) is 3. The Morgan fingerprint density at radius 2 is 2.11 bits per heavy atom. The second-order valence-corrected chi connectivity index (χ2v) is 5.01. The fourth-order valence-electron chi connectivity index (χ4n) is 2.59. The molecule has 0 aromatic heterocycles. The molecule has 0 aromatic rings. The molecule has 0 saturated carbocycles. The van der Waals surface area contributed by atoms with Crippen molar-refractivity contribution >= 4 is 12.2 Å². The summed E-state index contributed by atoms with van der Waals surface area (Å²) in [4.78, 5) is 26.8. The van der Waals surface area contributed by atoms with Crippen molar-refractivity contribution in [3.63, 3.8) is 0 Å². The summed E-state index contributed by atoms with van der Waals surface area (Å²) in [6, 6.07) is 0. The van der Waals surface area contributed by atoms with E-state index < -0.39 is 0 Å². The Morgan fingerprint density at radius 1 is 1.39 bits per heavy atom. The van der Waals surface area contributed by atoms with Crippen molar-refractivity contribution in [2.75, 3.05) is 32.7 Å². The van der Waals surface area contributed by atoms with Crippen LogP contribution in [0.5, 0.6) is 0 Å². The number of piperidine rings is 1. The molecule has 1 amide bonds. The van der Waals surface area contributed by atoms with Gasteiger partial charge in [-0.3, -0.25) is 4.79 Å². The van der Waals surface area contributed by atoms with E-state index in [4.69, 9.17) is 0 Å². The third-order valence-electron chi connectivity index (χ3n) is 3.72. The lowest BCUT2D eigenvalue weighted by Gasteiger charge is -2.30. The average Bonchev–Trinajstić information content (AvgIpc) is 2.40. The van der Waals surface area contributed by atoms with Crippen LogP contribution in [0, 0.1) is 5.92 Å². The van der Waals surface area contributed by atoms with Crippen LogP contribution in [0.1, 0.15) is 39.5 Å². The van der Waals surface area contributed by atoms with Crippen molar-refractivity contribution in [3.8, 4) is 0 Å². The van der Waals surface area contributed by atoms with E-state index in [1.807, 2.05) is 18.7 Å². The Balaban J connectivity index is 2.20. The maximum absolute atomic E-state index is 11.8. The first-order chi connectivity index (χ1) is 8.71. The molecule has 0 radical (unpaired) electrons. The highest BCUT2D eigenvalue weighted by molar-refractivity contribution is 5.76. The molecule has 1 aliphatic heterocycles. The minimum absolute atomic E-state index is 0.206. The van der Waals surface area contributed by atoms with Crippen LogP contribution in [-0.2, 0) is 9.59 Å². The van der Waals surface area contributed by atoms with E-state index in [1.165, 1.54) is 0 Å². The molecule has 0 aliphatic carbocycles. The van der Waals surface area contributed by atoms with Gasteiger partial charge in [-0.25, -0.2) is 0 Å². The molecule has 0 bridgehead atoms. The number of nitrogens with zero attached hydrogens (tertiary/aromatic N) is 2. The van der Waals surface area contributed by atoms with Crippen LogP contribution in [0.25, 0.3) is 0 Å². The van der Waals surface area contributed by atoms with Gasteiger partial charge in [-0.15, -0.1) is 0 Å². The lowest BCUT2D eigenvalue weighted by atomic mass is 9.99. The first kappa shape index (κ1) is 15.2. The normalized spacial score (nSPS) is 20.7. The highest BCUT2D eigenvalue weighted by Crippen LogP contribution is 2.14. The molecule has 0 spiro atoms. The number of carbonyl (C=O) groups excluding carboxylic acids is 2. The fraction of sp³-hybridized carbons (Fsp3) is 0.857. The molecule has 1 aliphatic rings. The van der Waals surface area contributed by atoms with E-state index in [0.717, 1.165) is 58.3 Å². The summed E-state index contributed by atoms with van der Waals surface area (Å²) in [7, 11) is 0. The third kappa shape index (κ3) is 4.77. The van der Waals surface area contributed by atoms with Gasteiger partial charge in [0.15, 0.2) is 0 Å². The molecule has 0 aromatic carbocycles. The average molecular weight is 254 g/mol. The van der Waals surface area contributed by atoms with Crippen LogP contribution in [0.15, 0.2) is 0 Å². The maximum Gasteiger partial charge on any atom is 0.222 e. The van der Waals surface area contributed by atoms with Gasteiger partial charge in [0.05, 0.1) is 0 Å². The van der Waals surface area contributed by atoms with Crippen LogP contribution in [0.3, 0.4) is 0 Å². The van der Waals surface area contributed by atoms with Crippen LogP contribution in [0.4, 0.5) is 0 Å². The van der Waals surface area contributed by atoms with Gasteiger partial charge < -0.3 is 14.6 Å². The molecular weight excluding hydrogens is 228 g/mol. The van der Waals surface area contributed by atoms with Gasteiger partial charge >= 0.3 is 0 Å². The van der Waals surface area contributed by atoms with Crippen LogP contribution in [0.2, 0.25) is 0 Å². The molecule has 4 nitrogen and oxygen atoms in total. The van der Waals surface area contributed by atoms with Gasteiger partial charge in [0.25, 0.3) is 0 Å². The monoisotopic (exact) mass is 254 g/mol. The molecule has 1 atom stereocenters. The summed E-state index contributed by atoms with van der Waals surface area (Å²) in [5.41, 5.74) is 0. The van der Waals surface area contributed by atoms with E-state index in [0.29, 0.717) is 6.42 Å². The summed E-state index contributed by atoms with van der Waals surface area (Å²) in [6.07, 6.45) is 4.74. The van der Waals surface area contributed by atoms with Gasteiger partial charge in [0.1, 0.15) is 6.29 Å². The van der Waals surface area contributed by atoms with Crippen molar-refractivity contribution in [1.82, 2.24) is 9.80 Å².